The molecule has 0 spiro atoms. The molecule has 0 amide bonds. The molecule has 0 bridgehead atoms. The van der Waals surface area contributed by atoms with Gasteiger partial charge in [-0.2, -0.15) is 0 Å². The number of ether oxygens (including phenoxy) is 2. The highest BCUT2D eigenvalue weighted by atomic mass is 35.5. The summed E-state index contributed by atoms with van der Waals surface area (Å²) in [5, 5.41) is 0.434. The van der Waals surface area contributed by atoms with Gasteiger partial charge in [-0.25, -0.2) is 4.39 Å². The molecule has 100 valence electrons. The third-order valence-corrected chi connectivity index (χ3v) is 2.48. The molecule has 2 N–H and O–H groups in total. The van der Waals surface area contributed by atoms with Crippen LogP contribution in [0.1, 0.15) is 6.92 Å². The lowest BCUT2D eigenvalue weighted by atomic mass is 10.2. The van der Waals surface area contributed by atoms with Gasteiger partial charge in [0.25, 0.3) is 0 Å². The van der Waals surface area contributed by atoms with Crippen LogP contribution < -0.4 is 15.2 Å². The smallest absolute Gasteiger partial charge is 0.167 e. The maximum atomic E-state index is 13.5. The van der Waals surface area contributed by atoms with Crippen LogP contribution in [0.25, 0.3) is 0 Å². The largest absolute Gasteiger partial charge is 0.491 e. The Hall–Kier alpha value is -2.01. The van der Waals surface area contributed by atoms with Gasteiger partial charge in [-0.1, -0.05) is 11.6 Å². The summed E-state index contributed by atoms with van der Waals surface area (Å²) in [5.41, 5.74) is 5.87. The maximum Gasteiger partial charge on any atom is 0.167 e. The average Bonchev–Trinajstić information content (AvgIpc) is 2.35. The van der Waals surface area contributed by atoms with Crippen LogP contribution in [0.3, 0.4) is 0 Å². The van der Waals surface area contributed by atoms with Gasteiger partial charge in [0.1, 0.15) is 5.75 Å². The molecule has 2 rings (SSSR count). The molecule has 1 aromatic heterocycles. The van der Waals surface area contributed by atoms with Crippen molar-refractivity contribution in [3.05, 3.63) is 41.4 Å². The van der Waals surface area contributed by atoms with E-state index in [1.165, 1.54) is 18.5 Å². The van der Waals surface area contributed by atoms with E-state index in [0.29, 0.717) is 17.4 Å². The number of nitrogen functional groups attached to an aromatic ring is 1. The van der Waals surface area contributed by atoms with Gasteiger partial charge in [-0.05, 0) is 6.92 Å². The molecule has 0 aliphatic carbocycles. The van der Waals surface area contributed by atoms with E-state index < -0.39 is 5.82 Å². The molecule has 0 aliphatic heterocycles. The summed E-state index contributed by atoms with van der Waals surface area (Å²) in [7, 11) is 0. The molecular weight excluding hydrogens is 271 g/mol. The van der Waals surface area contributed by atoms with Gasteiger partial charge < -0.3 is 15.2 Å². The minimum Gasteiger partial charge on any atom is -0.491 e. The number of aromatic nitrogens is 1. The summed E-state index contributed by atoms with van der Waals surface area (Å²) >= 11 is 5.80. The lowest BCUT2D eigenvalue weighted by molar-refractivity contribution is 0.319. The van der Waals surface area contributed by atoms with E-state index in [9.17, 15) is 4.39 Å². The summed E-state index contributed by atoms with van der Waals surface area (Å²) in [6.45, 7) is 2.11. The van der Waals surface area contributed by atoms with Gasteiger partial charge in [-0.3, -0.25) is 4.98 Å². The molecule has 0 atom stereocenters. The Morgan fingerprint density at radius 1 is 1.26 bits per heavy atom. The van der Waals surface area contributed by atoms with Crippen molar-refractivity contribution in [3.8, 4) is 17.2 Å². The van der Waals surface area contributed by atoms with Gasteiger partial charge >= 0.3 is 0 Å². The molecule has 0 unspecified atom stereocenters. The minimum absolute atomic E-state index is 0.0849. The number of halogens is 2. The number of anilines is 1. The normalized spacial score (nSPS) is 10.3. The van der Waals surface area contributed by atoms with Crippen molar-refractivity contribution in [1.29, 1.82) is 0 Å². The van der Waals surface area contributed by atoms with Crippen molar-refractivity contribution in [2.45, 2.75) is 6.92 Å². The zero-order valence-corrected chi connectivity index (χ0v) is 10.9. The zero-order valence-electron chi connectivity index (χ0n) is 10.2. The first-order chi connectivity index (χ1) is 9.10. The first-order valence-corrected chi connectivity index (χ1v) is 5.98. The SMILES string of the molecule is CCOc1cc(Oc2cncc(Cl)c2)c(N)cc1F. The van der Waals surface area contributed by atoms with Crippen molar-refractivity contribution in [1.82, 2.24) is 4.98 Å². The van der Waals surface area contributed by atoms with Crippen molar-refractivity contribution in [2.75, 3.05) is 12.3 Å². The highest BCUT2D eigenvalue weighted by molar-refractivity contribution is 6.30. The lowest BCUT2D eigenvalue weighted by Gasteiger charge is -2.11. The van der Waals surface area contributed by atoms with Gasteiger partial charge in [-0.15, -0.1) is 0 Å². The second-order valence-electron chi connectivity index (χ2n) is 3.69. The Kier molecular flexibility index (Phi) is 4.06. The van der Waals surface area contributed by atoms with Crippen LogP contribution in [0, 0.1) is 5.82 Å². The van der Waals surface area contributed by atoms with E-state index in [-0.39, 0.29) is 17.2 Å². The highest BCUT2D eigenvalue weighted by Gasteiger charge is 2.11. The van der Waals surface area contributed by atoms with Crippen LogP contribution >= 0.6 is 11.6 Å². The Morgan fingerprint density at radius 2 is 2.05 bits per heavy atom. The standard InChI is InChI=1S/C13H12ClFN2O2/c1-2-18-12-5-13(11(16)4-10(12)15)19-9-3-8(14)6-17-7-9/h3-7H,2,16H2,1H3. The van der Waals surface area contributed by atoms with E-state index in [4.69, 9.17) is 26.8 Å². The first-order valence-electron chi connectivity index (χ1n) is 5.60. The van der Waals surface area contributed by atoms with Crippen LogP contribution in [0.2, 0.25) is 5.02 Å². The average molecular weight is 283 g/mol. The summed E-state index contributed by atoms with van der Waals surface area (Å²) in [5.74, 6) is 0.250. The minimum atomic E-state index is -0.532. The van der Waals surface area contributed by atoms with E-state index in [1.807, 2.05) is 0 Å². The fraction of sp³-hybridized carbons (Fsp3) is 0.154. The predicted octanol–water partition coefficient (Wildman–Crippen LogP) is 3.65. The van der Waals surface area contributed by atoms with Gasteiger partial charge in [0.05, 0.1) is 23.5 Å². The third-order valence-electron chi connectivity index (χ3n) is 2.27. The number of hydrogen-bond donors (Lipinski definition) is 1. The molecule has 0 fully saturated rings. The van der Waals surface area contributed by atoms with Crippen LogP contribution in [0.5, 0.6) is 17.2 Å². The molecule has 0 aliphatic rings. The van der Waals surface area contributed by atoms with Crippen LogP contribution in [-0.4, -0.2) is 11.6 Å². The van der Waals surface area contributed by atoms with E-state index in [2.05, 4.69) is 4.98 Å². The third kappa shape index (κ3) is 3.26. The van der Waals surface area contributed by atoms with Crippen molar-refractivity contribution in [2.24, 2.45) is 0 Å². The summed E-state index contributed by atoms with van der Waals surface area (Å²) < 4.78 is 24.2. The Morgan fingerprint density at radius 3 is 2.74 bits per heavy atom. The highest BCUT2D eigenvalue weighted by Crippen LogP contribution is 2.33. The molecule has 1 aromatic carbocycles. The van der Waals surface area contributed by atoms with Gasteiger partial charge in [0.2, 0.25) is 0 Å². The number of rotatable bonds is 4. The zero-order chi connectivity index (χ0) is 13.8. The molecule has 0 saturated carbocycles. The Balaban J connectivity index is 2.31. The lowest BCUT2D eigenvalue weighted by Crippen LogP contribution is -1.99. The fourth-order valence-corrected chi connectivity index (χ4v) is 1.64. The van der Waals surface area contributed by atoms with Crippen LogP contribution in [0.15, 0.2) is 30.6 Å². The Labute approximate surface area is 114 Å². The van der Waals surface area contributed by atoms with Crippen molar-refractivity contribution in [3.63, 3.8) is 0 Å². The number of nitrogens with zero attached hydrogens (tertiary/aromatic N) is 1. The van der Waals surface area contributed by atoms with Crippen LogP contribution in [0.4, 0.5) is 10.1 Å². The maximum absolute atomic E-state index is 13.5. The number of benzene rings is 1. The first kappa shape index (κ1) is 13.4. The number of nitrogens with two attached hydrogens (primary N) is 1. The second-order valence-corrected chi connectivity index (χ2v) is 4.13. The predicted molar refractivity (Wildman–Crippen MR) is 71.3 cm³/mol. The van der Waals surface area contributed by atoms with E-state index in [1.54, 1.807) is 13.0 Å². The molecule has 19 heavy (non-hydrogen) atoms. The molecular formula is C13H12ClFN2O2. The summed E-state index contributed by atoms with van der Waals surface area (Å²) in [6, 6.07) is 4.13. The van der Waals surface area contributed by atoms with Crippen molar-refractivity contribution < 1.29 is 13.9 Å². The summed E-state index contributed by atoms with van der Waals surface area (Å²) in [6.07, 6.45) is 2.96. The molecule has 0 saturated heterocycles. The quantitative estimate of drug-likeness (QED) is 0.870. The monoisotopic (exact) mass is 282 g/mol. The second kappa shape index (κ2) is 5.75. The molecule has 1 heterocycles. The summed E-state index contributed by atoms with van der Waals surface area (Å²) in [4.78, 5) is 3.88. The number of pyridine rings is 1. The fourth-order valence-electron chi connectivity index (χ4n) is 1.48. The van der Waals surface area contributed by atoms with E-state index >= 15 is 0 Å². The molecule has 0 radical (unpaired) electrons. The molecule has 6 heteroatoms. The van der Waals surface area contributed by atoms with Crippen molar-refractivity contribution >= 4 is 17.3 Å². The van der Waals surface area contributed by atoms with Crippen LogP contribution in [-0.2, 0) is 0 Å². The topological polar surface area (TPSA) is 57.4 Å². The molecule has 4 nitrogen and oxygen atoms in total. The Bertz CT molecular complexity index is 593. The molecule has 2 aromatic rings. The number of hydrogen-bond acceptors (Lipinski definition) is 4. The van der Waals surface area contributed by atoms with E-state index in [0.717, 1.165) is 6.07 Å². The van der Waals surface area contributed by atoms with Gasteiger partial charge in [0, 0.05) is 24.4 Å². The van der Waals surface area contributed by atoms with Gasteiger partial charge in [0.15, 0.2) is 17.3 Å².